The van der Waals surface area contributed by atoms with Crippen molar-refractivity contribution >= 4 is 43.6 Å². The number of aromatic nitrogens is 2. The molecule has 0 atom stereocenters. The molecule has 0 N–H and O–H groups in total. The summed E-state index contributed by atoms with van der Waals surface area (Å²) in [4.78, 5) is 8.86. The quantitative estimate of drug-likeness (QED) is 0.140. The molecule has 1 radical (unpaired) electrons. The van der Waals surface area contributed by atoms with Crippen molar-refractivity contribution in [3.63, 3.8) is 0 Å². The number of benzene rings is 4. The van der Waals surface area contributed by atoms with Crippen molar-refractivity contribution < 1.29 is 24.5 Å². The number of aryl methyl sites for hydroxylation is 2. The Labute approximate surface area is 211 Å². The van der Waals surface area contributed by atoms with Gasteiger partial charge in [-0.15, -0.1) is 65.0 Å². The zero-order valence-electron chi connectivity index (χ0n) is 18.7. The summed E-state index contributed by atoms with van der Waals surface area (Å²) in [5, 5.41) is 5.75. The maximum Gasteiger partial charge on any atom is 0.134 e. The Morgan fingerprint density at radius 3 is 2.35 bits per heavy atom. The van der Waals surface area contributed by atoms with Gasteiger partial charge in [-0.1, -0.05) is 36.1 Å². The minimum atomic E-state index is 0. The first kappa shape index (κ1) is 22.2. The third kappa shape index (κ3) is 3.75. The SMILES string of the molecule is Cc1cc[c-]c(-c2cc(C)ccn2)c1.[Ir].[c-]1cccc2c1c1nccc3oc4cccc2c4c31. The summed E-state index contributed by atoms with van der Waals surface area (Å²) >= 11 is 0. The van der Waals surface area contributed by atoms with Gasteiger partial charge in [0.05, 0.1) is 0 Å². The number of furan rings is 1. The fourth-order valence-electron chi connectivity index (χ4n) is 4.45. The van der Waals surface area contributed by atoms with E-state index in [4.69, 9.17) is 4.42 Å². The van der Waals surface area contributed by atoms with Crippen molar-refractivity contribution in [2.24, 2.45) is 0 Å². The maximum atomic E-state index is 5.93. The van der Waals surface area contributed by atoms with E-state index in [-0.39, 0.29) is 20.1 Å². The van der Waals surface area contributed by atoms with Gasteiger partial charge in [-0.2, -0.15) is 0 Å². The van der Waals surface area contributed by atoms with Gasteiger partial charge in [0.1, 0.15) is 11.2 Å². The Kier molecular flexibility index (Phi) is 5.87. The van der Waals surface area contributed by atoms with E-state index in [2.05, 4.69) is 60.2 Å². The van der Waals surface area contributed by atoms with Crippen LogP contribution in [-0.4, -0.2) is 9.97 Å². The molecule has 0 aliphatic rings. The van der Waals surface area contributed by atoms with Gasteiger partial charge in [-0.3, -0.25) is 0 Å². The zero-order valence-corrected chi connectivity index (χ0v) is 21.1. The van der Waals surface area contributed by atoms with Crippen LogP contribution in [0.4, 0.5) is 0 Å². The van der Waals surface area contributed by atoms with Crippen molar-refractivity contribution in [1.29, 1.82) is 0 Å². The number of fused-ring (bicyclic) bond motifs is 3. The first-order chi connectivity index (χ1) is 16.2. The summed E-state index contributed by atoms with van der Waals surface area (Å²) in [5.41, 5.74) is 7.33. The molecule has 3 nitrogen and oxygen atoms in total. The zero-order chi connectivity index (χ0) is 22.4. The minimum absolute atomic E-state index is 0. The molecule has 7 rings (SSSR count). The van der Waals surface area contributed by atoms with Crippen molar-refractivity contribution in [3.05, 3.63) is 108 Å². The molecule has 0 aliphatic heterocycles. The molecule has 0 saturated heterocycles. The Hall–Kier alpha value is -3.59. The van der Waals surface area contributed by atoms with Gasteiger partial charge in [0.25, 0.3) is 0 Å². The summed E-state index contributed by atoms with van der Waals surface area (Å²) in [6.07, 6.45) is 3.64. The fraction of sp³-hybridized carbons (Fsp3) is 0.0667. The van der Waals surface area contributed by atoms with Crippen LogP contribution in [0.15, 0.2) is 89.6 Å². The second kappa shape index (κ2) is 8.98. The normalized spacial score (nSPS) is 11.0. The van der Waals surface area contributed by atoms with Crippen molar-refractivity contribution in [2.75, 3.05) is 0 Å². The van der Waals surface area contributed by atoms with E-state index < -0.39 is 0 Å². The second-order valence-electron chi connectivity index (χ2n) is 8.27. The van der Waals surface area contributed by atoms with Gasteiger partial charge < -0.3 is 14.4 Å². The largest absolute Gasteiger partial charge is 0.457 e. The Bertz CT molecular complexity index is 1620. The number of rotatable bonds is 1. The summed E-state index contributed by atoms with van der Waals surface area (Å²) < 4.78 is 5.93. The molecule has 3 aromatic heterocycles. The topological polar surface area (TPSA) is 38.9 Å². The van der Waals surface area contributed by atoms with Gasteiger partial charge in [0, 0.05) is 48.8 Å². The predicted molar refractivity (Wildman–Crippen MR) is 135 cm³/mol. The first-order valence-electron chi connectivity index (χ1n) is 10.9. The molecule has 0 bridgehead atoms. The van der Waals surface area contributed by atoms with Gasteiger partial charge >= 0.3 is 0 Å². The predicted octanol–water partition coefficient (Wildman–Crippen LogP) is 7.69. The molecule has 0 fully saturated rings. The van der Waals surface area contributed by atoms with Crippen molar-refractivity contribution in [3.8, 4) is 11.3 Å². The van der Waals surface area contributed by atoms with E-state index in [0.29, 0.717) is 0 Å². The van der Waals surface area contributed by atoms with E-state index in [1.165, 1.54) is 27.3 Å². The fourth-order valence-corrected chi connectivity index (χ4v) is 4.45. The van der Waals surface area contributed by atoms with Crippen molar-refractivity contribution in [1.82, 2.24) is 9.97 Å². The van der Waals surface area contributed by atoms with Crippen LogP contribution in [0.2, 0.25) is 0 Å². The Morgan fingerprint density at radius 1 is 0.706 bits per heavy atom. The van der Waals surface area contributed by atoms with E-state index in [1.54, 1.807) is 6.20 Å². The molecule has 0 spiro atoms. The van der Waals surface area contributed by atoms with Crippen molar-refractivity contribution in [2.45, 2.75) is 13.8 Å². The van der Waals surface area contributed by atoms with E-state index in [1.807, 2.05) is 54.7 Å². The Morgan fingerprint density at radius 2 is 1.50 bits per heavy atom. The third-order valence-corrected chi connectivity index (χ3v) is 5.94. The number of hydrogen-bond acceptors (Lipinski definition) is 3. The van der Waals surface area contributed by atoms with Crippen LogP contribution in [0.1, 0.15) is 11.1 Å². The van der Waals surface area contributed by atoms with Crippen LogP contribution < -0.4 is 0 Å². The molecule has 3 heterocycles. The molecule has 167 valence electrons. The average Bonchev–Trinajstić information content (AvgIpc) is 3.24. The Balaban J connectivity index is 0.000000145. The van der Waals surface area contributed by atoms with Crippen LogP contribution in [0.5, 0.6) is 0 Å². The third-order valence-electron chi connectivity index (χ3n) is 5.94. The number of pyridine rings is 2. The molecular weight excluding hydrogens is 597 g/mol. The molecule has 0 aliphatic carbocycles. The molecule has 4 aromatic carbocycles. The van der Waals surface area contributed by atoms with Gasteiger partial charge in [-0.05, 0) is 36.2 Å². The van der Waals surface area contributed by atoms with Crippen LogP contribution in [0, 0.1) is 26.0 Å². The first-order valence-corrected chi connectivity index (χ1v) is 10.9. The van der Waals surface area contributed by atoms with Crippen LogP contribution in [0.25, 0.3) is 54.9 Å². The van der Waals surface area contributed by atoms with E-state index in [0.717, 1.165) is 38.7 Å². The van der Waals surface area contributed by atoms with Gasteiger partial charge in [0.15, 0.2) is 0 Å². The smallest absolute Gasteiger partial charge is 0.134 e. The standard InChI is InChI=1S/C17H8NO.C13H12N.Ir/c1-2-5-12-10(4-1)11-6-3-7-13-15(11)16-14(19-13)8-9-18-17(12)16;1-10-4-3-5-12(8-10)13-9-11(2)6-7-14-13;/h1-4,6-9H;3-4,6-9H,1-2H3;/q2*-1;. The second-order valence-corrected chi connectivity index (χ2v) is 8.27. The summed E-state index contributed by atoms with van der Waals surface area (Å²) in [6.45, 7) is 4.15. The van der Waals surface area contributed by atoms with Gasteiger partial charge in [0.2, 0.25) is 0 Å². The maximum absolute atomic E-state index is 5.93. The summed E-state index contributed by atoms with van der Waals surface area (Å²) in [5.74, 6) is 0. The molecule has 7 aromatic rings. The molecule has 0 unspecified atom stereocenters. The molecule has 4 heteroatoms. The van der Waals surface area contributed by atoms with E-state index >= 15 is 0 Å². The minimum Gasteiger partial charge on any atom is -0.457 e. The molecule has 0 saturated carbocycles. The number of nitrogens with zero attached hydrogens (tertiary/aromatic N) is 2. The van der Waals surface area contributed by atoms with E-state index in [9.17, 15) is 0 Å². The van der Waals surface area contributed by atoms with Crippen LogP contribution >= 0.6 is 0 Å². The summed E-state index contributed by atoms with van der Waals surface area (Å²) in [6, 6.07) is 30.9. The van der Waals surface area contributed by atoms with Crippen LogP contribution in [0.3, 0.4) is 0 Å². The molecule has 0 amide bonds. The number of hydrogen-bond donors (Lipinski definition) is 0. The van der Waals surface area contributed by atoms with Crippen LogP contribution in [-0.2, 0) is 20.1 Å². The molecule has 34 heavy (non-hydrogen) atoms. The summed E-state index contributed by atoms with van der Waals surface area (Å²) in [7, 11) is 0. The van der Waals surface area contributed by atoms with Gasteiger partial charge in [-0.25, -0.2) is 0 Å². The monoisotopic (exact) mass is 617 g/mol. The average molecular weight is 617 g/mol. The molecular formula is C30H20IrN2O-2.